The van der Waals surface area contributed by atoms with Crippen molar-refractivity contribution in [3.8, 4) is 0 Å². The standard InChI is InChI=1S/C14H21NO/c1-2-3-4-5-6-10-14(16)12-8-7-9-13(15)11-12/h7-9,11H,2-6,10,15H2,1H3. The maximum Gasteiger partial charge on any atom is 0.162 e. The lowest BCUT2D eigenvalue weighted by molar-refractivity contribution is 0.0979. The van der Waals surface area contributed by atoms with Crippen molar-refractivity contribution in [2.75, 3.05) is 5.73 Å². The molecule has 0 radical (unpaired) electrons. The summed E-state index contributed by atoms with van der Waals surface area (Å²) in [5, 5.41) is 0. The Morgan fingerprint density at radius 2 is 1.94 bits per heavy atom. The van der Waals surface area contributed by atoms with Crippen LogP contribution in [0.25, 0.3) is 0 Å². The molecule has 16 heavy (non-hydrogen) atoms. The summed E-state index contributed by atoms with van der Waals surface area (Å²) in [7, 11) is 0. The van der Waals surface area contributed by atoms with Gasteiger partial charge in [0.1, 0.15) is 0 Å². The van der Waals surface area contributed by atoms with Crippen molar-refractivity contribution in [1.82, 2.24) is 0 Å². The summed E-state index contributed by atoms with van der Waals surface area (Å²) in [6, 6.07) is 7.23. The molecule has 2 N–H and O–H groups in total. The van der Waals surface area contributed by atoms with E-state index >= 15 is 0 Å². The fourth-order valence-electron chi connectivity index (χ4n) is 1.75. The number of Topliss-reactive ketones (excluding diaryl/α,β-unsaturated/α-hetero) is 1. The van der Waals surface area contributed by atoms with Gasteiger partial charge in [-0.2, -0.15) is 0 Å². The number of unbranched alkanes of at least 4 members (excludes halogenated alkanes) is 4. The Morgan fingerprint density at radius 3 is 2.62 bits per heavy atom. The summed E-state index contributed by atoms with van der Waals surface area (Å²) in [6.07, 6.45) is 6.54. The number of ketones is 1. The van der Waals surface area contributed by atoms with Gasteiger partial charge in [0.05, 0.1) is 0 Å². The third kappa shape index (κ3) is 4.47. The number of hydrogen-bond donors (Lipinski definition) is 1. The molecule has 88 valence electrons. The molecule has 0 bridgehead atoms. The molecule has 0 heterocycles. The van der Waals surface area contributed by atoms with Crippen molar-refractivity contribution in [2.45, 2.75) is 45.4 Å². The summed E-state index contributed by atoms with van der Waals surface area (Å²) in [6.45, 7) is 2.19. The molecule has 0 atom stereocenters. The first-order valence-electron chi connectivity index (χ1n) is 6.12. The van der Waals surface area contributed by atoms with Crippen LogP contribution in [0.3, 0.4) is 0 Å². The largest absolute Gasteiger partial charge is 0.399 e. The van der Waals surface area contributed by atoms with Crippen LogP contribution >= 0.6 is 0 Å². The lowest BCUT2D eigenvalue weighted by atomic mass is 10.0. The van der Waals surface area contributed by atoms with Gasteiger partial charge in [-0.3, -0.25) is 4.79 Å². The van der Waals surface area contributed by atoms with Crippen molar-refractivity contribution in [1.29, 1.82) is 0 Å². The van der Waals surface area contributed by atoms with Crippen molar-refractivity contribution >= 4 is 11.5 Å². The molecule has 0 aliphatic carbocycles. The molecule has 1 aromatic carbocycles. The average Bonchev–Trinajstić information content (AvgIpc) is 2.28. The molecule has 0 saturated heterocycles. The van der Waals surface area contributed by atoms with Crippen LogP contribution in [0.5, 0.6) is 0 Å². The molecule has 1 aromatic rings. The third-order valence-electron chi connectivity index (χ3n) is 2.72. The van der Waals surface area contributed by atoms with E-state index < -0.39 is 0 Å². The van der Waals surface area contributed by atoms with E-state index in [2.05, 4.69) is 6.92 Å². The van der Waals surface area contributed by atoms with Gasteiger partial charge < -0.3 is 5.73 Å². The SMILES string of the molecule is CCCCCCCC(=O)c1cccc(N)c1. The lowest BCUT2D eigenvalue weighted by Gasteiger charge is -2.02. The zero-order valence-electron chi connectivity index (χ0n) is 10.0. The minimum Gasteiger partial charge on any atom is -0.399 e. The molecule has 0 spiro atoms. The molecule has 0 saturated carbocycles. The van der Waals surface area contributed by atoms with Gasteiger partial charge in [-0.05, 0) is 18.6 Å². The quantitative estimate of drug-likeness (QED) is 0.430. The topological polar surface area (TPSA) is 43.1 Å². The number of carbonyl (C=O) groups is 1. The first-order valence-corrected chi connectivity index (χ1v) is 6.12. The van der Waals surface area contributed by atoms with E-state index in [0.29, 0.717) is 12.1 Å². The van der Waals surface area contributed by atoms with Crippen molar-refractivity contribution in [3.63, 3.8) is 0 Å². The molecule has 0 unspecified atom stereocenters. The van der Waals surface area contributed by atoms with Crippen LogP contribution in [0.1, 0.15) is 55.8 Å². The number of anilines is 1. The second kappa shape index (κ2) is 7.04. The Hall–Kier alpha value is -1.31. The van der Waals surface area contributed by atoms with E-state index in [4.69, 9.17) is 5.73 Å². The van der Waals surface area contributed by atoms with E-state index in [1.165, 1.54) is 19.3 Å². The average molecular weight is 219 g/mol. The first-order chi connectivity index (χ1) is 7.74. The highest BCUT2D eigenvalue weighted by atomic mass is 16.1. The normalized spacial score (nSPS) is 10.3. The fraction of sp³-hybridized carbons (Fsp3) is 0.500. The van der Waals surface area contributed by atoms with Crippen molar-refractivity contribution in [3.05, 3.63) is 29.8 Å². The number of hydrogen-bond acceptors (Lipinski definition) is 2. The van der Waals surface area contributed by atoms with Crippen LogP contribution in [0.2, 0.25) is 0 Å². The molecule has 2 nitrogen and oxygen atoms in total. The number of carbonyl (C=O) groups excluding carboxylic acids is 1. The van der Waals surface area contributed by atoms with Crippen LogP contribution < -0.4 is 5.73 Å². The monoisotopic (exact) mass is 219 g/mol. The zero-order chi connectivity index (χ0) is 11.8. The number of nitrogen functional groups attached to an aromatic ring is 1. The van der Waals surface area contributed by atoms with Crippen molar-refractivity contribution in [2.24, 2.45) is 0 Å². The molecule has 0 amide bonds. The predicted octanol–water partition coefficient (Wildman–Crippen LogP) is 3.81. The highest BCUT2D eigenvalue weighted by molar-refractivity contribution is 5.96. The summed E-state index contributed by atoms with van der Waals surface area (Å²) in [5.41, 5.74) is 7.05. The van der Waals surface area contributed by atoms with E-state index in [1.54, 1.807) is 12.1 Å². The zero-order valence-corrected chi connectivity index (χ0v) is 10.0. The van der Waals surface area contributed by atoms with Crippen LogP contribution in [-0.4, -0.2) is 5.78 Å². The van der Waals surface area contributed by atoms with Gasteiger partial charge in [0.15, 0.2) is 5.78 Å². The summed E-state index contributed by atoms with van der Waals surface area (Å²) in [5.74, 6) is 0.212. The van der Waals surface area contributed by atoms with Gasteiger partial charge in [-0.15, -0.1) is 0 Å². The number of rotatable bonds is 7. The van der Waals surface area contributed by atoms with Crippen LogP contribution in [0.15, 0.2) is 24.3 Å². The number of nitrogens with two attached hydrogens (primary N) is 1. The number of benzene rings is 1. The van der Waals surface area contributed by atoms with Crippen LogP contribution in [-0.2, 0) is 0 Å². The second-order valence-corrected chi connectivity index (χ2v) is 4.21. The van der Waals surface area contributed by atoms with Crippen LogP contribution in [0, 0.1) is 0 Å². The van der Waals surface area contributed by atoms with Gasteiger partial charge >= 0.3 is 0 Å². The lowest BCUT2D eigenvalue weighted by Crippen LogP contribution is -1.99. The Labute approximate surface area is 97.9 Å². The minimum absolute atomic E-state index is 0.212. The highest BCUT2D eigenvalue weighted by Gasteiger charge is 2.05. The molecule has 0 aliphatic rings. The van der Waals surface area contributed by atoms with Gasteiger partial charge in [-0.1, -0.05) is 44.7 Å². The van der Waals surface area contributed by atoms with Gasteiger partial charge in [0, 0.05) is 17.7 Å². The second-order valence-electron chi connectivity index (χ2n) is 4.21. The molecule has 0 aromatic heterocycles. The third-order valence-corrected chi connectivity index (χ3v) is 2.72. The van der Waals surface area contributed by atoms with E-state index in [0.717, 1.165) is 18.4 Å². The maximum absolute atomic E-state index is 11.8. The molecule has 1 rings (SSSR count). The maximum atomic E-state index is 11.8. The minimum atomic E-state index is 0.212. The molecule has 0 aliphatic heterocycles. The van der Waals surface area contributed by atoms with Crippen LogP contribution in [0.4, 0.5) is 5.69 Å². The molecule has 2 heteroatoms. The fourth-order valence-corrected chi connectivity index (χ4v) is 1.75. The highest BCUT2D eigenvalue weighted by Crippen LogP contribution is 2.12. The van der Waals surface area contributed by atoms with E-state index in [9.17, 15) is 4.79 Å². The summed E-state index contributed by atoms with van der Waals surface area (Å²) >= 11 is 0. The molecular weight excluding hydrogens is 198 g/mol. The van der Waals surface area contributed by atoms with Gasteiger partial charge in [0.25, 0.3) is 0 Å². The molecular formula is C14H21NO. The van der Waals surface area contributed by atoms with E-state index in [-0.39, 0.29) is 5.78 Å². The molecule has 0 fully saturated rings. The smallest absolute Gasteiger partial charge is 0.162 e. The predicted molar refractivity (Wildman–Crippen MR) is 68.6 cm³/mol. The van der Waals surface area contributed by atoms with Crippen molar-refractivity contribution < 1.29 is 4.79 Å². The van der Waals surface area contributed by atoms with Gasteiger partial charge in [0.2, 0.25) is 0 Å². The Morgan fingerprint density at radius 1 is 1.19 bits per heavy atom. The summed E-state index contributed by atoms with van der Waals surface area (Å²) < 4.78 is 0. The summed E-state index contributed by atoms with van der Waals surface area (Å²) in [4.78, 5) is 11.8. The Kier molecular flexibility index (Phi) is 5.62. The van der Waals surface area contributed by atoms with E-state index in [1.807, 2.05) is 12.1 Å². The Balaban J connectivity index is 2.30. The Bertz CT molecular complexity index is 333. The van der Waals surface area contributed by atoms with Gasteiger partial charge in [-0.25, -0.2) is 0 Å². The first kappa shape index (κ1) is 12.8.